The van der Waals surface area contributed by atoms with Crippen molar-refractivity contribution in [2.75, 3.05) is 17.1 Å². The highest BCUT2D eigenvalue weighted by Gasteiger charge is 2.25. The summed E-state index contributed by atoms with van der Waals surface area (Å²) in [6.45, 7) is 7.66. The van der Waals surface area contributed by atoms with Gasteiger partial charge < -0.3 is 5.32 Å². The molecular formula is C22H30N2O3S. The van der Waals surface area contributed by atoms with E-state index in [2.05, 4.69) is 19.2 Å². The van der Waals surface area contributed by atoms with Crippen LogP contribution in [0.25, 0.3) is 0 Å². The molecule has 0 bridgehead atoms. The molecule has 0 aliphatic carbocycles. The van der Waals surface area contributed by atoms with Crippen molar-refractivity contribution in [2.24, 2.45) is 5.92 Å². The molecule has 0 fully saturated rings. The maximum absolute atomic E-state index is 12.8. The lowest BCUT2D eigenvalue weighted by Gasteiger charge is -2.27. The number of carbonyl (C=O) groups excluding carboxylic acids is 1. The number of nitrogens with one attached hydrogen (secondary N) is 1. The van der Waals surface area contributed by atoms with E-state index in [0.29, 0.717) is 11.6 Å². The van der Waals surface area contributed by atoms with Crippen LogP contribution in [0.4, 0.5) is 5.69 Å². The van der Waals surface area contributed by atoms with Crippen molar-refractivity contribution in [1.29, 1.82) is 0 Å². The summed E-state index contributed by atoms with van der Waals surface area (Å²) in [5.74, 6) is 0.0673. The van der Waals surface area contributed by atoms with Crippen LogP contribution in [0.15, 0.2) is 48.5 Å². The van der Waals surface area contributed by atoms with E-state index < -0.39 is 10.0 Å². The van der Waals surface area contributed by atoms with Gasteiger partial charge in [-0.2, -0.15) is 0 Å². The fraction of sp³-hybridized carbons (Fsp3) is 0.409. The highest BCUT2D eigenvalue weighted by molar-refractivity contribution is 7.92. The molecule has 0 saturated carbocycles. The summed E-state index contributed by atoms with van der Waals surface area (Å²) in [6.07, 6.45) is 1.91. The van der Waals surface area contributed by atoms with Gasteiger partial charge in [0, 0.05) is 0 Å². The molecule has 0 aliphatic rings. The van der Waals surface area contributed by atoms with E-state index in [1.807, 2.05) is 62.4 Å². The summed E-state index contributed by atoms with van der Waals surface area (Å²) in [6, 6.07) is 15.2. The van der Waals surface area contributed by atoms with Crippen molar-refractivity contribution >= 4 is 21.6 Å². The quantitative estimate of drug-likeness (QED) is 0.726. The Labute approximate surface area is 168 Å². The van der Waals surface area contributed by atoms with Crippen molar-refractivity contribution in [1.82, 2.24) is 5.32 Å². The van der Waals surface area contributed by atoms with Gasteiger partial charge in [0.2, 0.25) is 15.9 Å². The Balaban J connectivity index is 2.28. The van der Waals surface area contributed by atoms with Gasteiger partial charge in [0.05, 0.1) is 18.0 Å². The molecule has 0 spiro atoms. The minimum atomic E-state index is -3.61. The number of para-hydroxylation sites is 1. The molecular weight excluding hydrogens is 372 g/mol. The fourth-order valence-corrected chi connectivity index (χ4v) is 4.34. The first-order chi connectivity index (χ1) is 13.1. The number of anilines is 1. The Kier molecular flexibility index (Phi) is 7.24. The lowest BCUT2D eigenvalue weighted by Crippen LogP contribution is -2.42. The molecule has 1 amide bonds. The summed E-state index contributed by atoms with van der Waals surface area (Å²) in [7, 11) is -3.61. The smallest absolute Gasteiger partial charge is 0.241 e. The van der Waals surface area contributed by atoms with Gasteiger partial charge in [0.25, 0.3) is 0 Å². The molecule has 28 heavy (non-hydrogen) atoms. The zero-order valence-electron chi connectivity index (χ0n) is 17.3. The van der Waals surface area contributed by atoms with Crippen LogP contribution in [0.5, 0.6) is 0 Å². The third kappa shape index (κ3) is 5.83. The van der Waals surface area contributed by atoms with Crippen LogP contribution in [0.3, 0.4) is 0 Å². The van der Waals surface area contributed by atoms with Crippen molar-refractivity contribution in [2.45, 2.75) is 40.2 Å². The van der Waals surface area contributed by atoms with E-state index in [-0.39, 0.29) is 18.5 Å². The number of amides is 1. The van der Waals surface area contributed by atoms with E-state index >= 15 is 0 Å². The van der Waals surface area contributed by atoms with Gasteiger partial charge in [0.15, 0.2) is 0 Å². The molecule has 1 N–H and O–H groups in total. The van der Waals surface area contributed by atoms with Crippen molar-refractivity contribution in [3.05, 3.63) is 65.2 Å². The molecule has 152 valence electrons. The summed E-state index contributed by atoms with van der Waals surface area (Å²) in [5.41, 5.74) is 3.22. The highest BCUT2D eigenvalue weighted by Crippen LogP contribution is 2.27. The predicted octanol–water partition coefficient (Wildman–Crippen LogP) is 3.97. The summed E-state index contributed by atoms with van der Waals surface area (Å²) < 4.78 is 26.1. The van der Waals surface area contributed by atoms with Crippen molar-refractivity contribution in [3.63, 3.8) is 0 Å². The summed E-state index contributed by atoms with van der Waals surface area (Å²) in [5, 5.41) is 3.03. The van der Waals surface area contributed by atoms with Gasteiger partial charge in [-0.1, -0.05) is 62.4 Å². The van der Waals surface area contributed by atoms with Gasteiger partial charge in [-0.3, -0.25) is 9.10 Å². The average Bonchev–Trinajstić information content (AvgIpc) is 2.59. The number of benzene rings is 2. The molecule has 0 unspecified atom stereocenters. The van der Waals surface area contributed by atoms with Gasteiger partial charge in [0.1, 0.15) is 6.54 Å². The van der Waals surface area contributed by atoms with Gasteiger partial charge in [-0.05, 0) is 42.9 Å². The second kappa shape index (κ2) is 9.24. The van der Waals surface area contributed by atoms with E-state index in [4.69, 9.17) is 0 Å². The second-order valence-corrected chi connectivity index (χ2v) is 9.58. The molecule has 6 heteroatoms. The van der Waals surface area contributed by atoms with Crippen LogP contribution in [0.2, 0.25) is 0 Å². The number of hydrogen-bond acceptors (Lipinski definition) is 3. The topological polar surface area (TPSA) is 66.5 Å². The lowest BCUT2D eigenvalue weighted by molar-refractivity contribution is -0.120. The highest BCUT2D eigenvalue weighted by atomic mass is 32.2. The zero-order valence-corrected chi connectivity index (χ0v) is 18.1. The third-order valence-corrected chi connectivity index (χ3v) is 5.73. The number of nitrogens with zero attached hydrogens (tertiary/aromatic N) is 1. The van der Waals surface area contributed by atoms with Gasteiger partial charge in [-0.15, -0.1) is 0 Å². The number of aryl methyl sites for hydroxylation is 2. The Hall–Kier alpha value is -2.34. The maximum Gasteiger partial charge on any atom is 0.241 e. The normalized spacial score (nSPS) is 12.6. The van der Waals surface area contributed by atoms with Gasteiger partial charge in [-0.25, -0.2) is 8.42 Å². The summed E-state index contributed by atoms with van der Waals surface area (Å²) in [4.78, 5) is 12.8. The van der Waals surface area contributed by atoms with Crippen LogP contribution in [0, 0.1) is 19.8 Å². The second-order valence-electron chi connectivity index (χ2n) is 7.67. The van der Waals surface area contributed by atoms with E-state index in [1.54, 1.807) is 0 Å². The van der Waals surface area contributed by atoms with E-state index in [0.717, 1.165) is 29.4 Å². The standard InChI is InChI=1S/C22H30N2O3S/c1-16(2)14-20(19-12-7-6-8-13-19)23-21(25)15-24(28(5,26)27)22-17(3)10-9-11-18(22)4/h6-13,16,20H,14-15H2,1-5H3,(H,23,25)/t20-/m1/s1. The molecule has 2 aromatic rings. The number of carbonyl (C=O) groups is 1. The Bertz CT molecular complexity index is 888. The number of rotatable bonds is 8. The Morgan fingerprint density at radius 3 is 2.07 bits per heavy atom. The third-order valence-electron chi connectivity index (χ3n) is 4.62. The SMILES string of the molecule is Cc1cccc(C)c1N(CC(=O)N[C@H](CC(C)C)c1ccccc1)S(C)(=O)=O. The first-order valence-electron chi connectivity index (χ1n) is 9.47. The fourth-order valence-electron chi connectivity index (χ4n) is 3.37. The first-order valence-corrected chi connectivity index (χ1v) is 11.3. The maximum atomic E-state index is 12.8. The Morgan fingerprint density at radius 2 is 1.57 bits per heavy atom. The van der Waals surface area contributed by atoms with Crippen LogP contribution < -0.4 is 9.62 Å². The molecule has 1 atom stereocenters. The molecule has 0 aliphatic heterocycles. The minimum absolute atomic E-state index is 0.159. The van der Waals surface area contributed by atoms with Crippen molar-refractivity contribution in [3.8, 4) is 0 Å². The van der Waals surface area contributed by atoms with Crippen LogP contribution in [-0.4, -0.2) is 27.1 Å². The Morgan fingerprint density at radius 1 is 1.00 bits per heavy atom. The lowest BCUT2D eigenvalue weighted by atomic mass is 9.97. The monoisotopic (exact) mass is 402 g/mol. The summed E-state index contributed by atoms with van der Waals surface area (Å²) >= 11 is 0. The van der Waals surface area contributed by atoms with Crippen LogP contribution >= 0.6 is 0 Å². The predicted molar refractivity (Wildman–Crippen MR) is 115 cm³/mol. The van der Waals surface area contributed by atoms with E-state index in [9.17, 15) is 13.2 Å². The molecule has 0 heterocycles. The first kappa shape index (κ1) is 22.0. The zero-order chi connectivity index (χ0) is 20.9. The van der Waals surface area contributed by atoms with Crippen LogP contribution in [-0.2, 0) is 14.8 Å². The molecule has 2 rings (SSSR count). The van der Waals surface area contributed by atoms with Gasteiger partial charge >= 0.3 is 0 Å². The van der Waals surface area contributed by atoms with E-state index in [1.165, 1.54) is 4.31 Å². The number of hydrogen-bond donors (Lipinski definition) is 1. The molecule has 0 saturated heterocycles. The van der Waals surface area contributed by atoms with Crippen LogP contribution in [0.1, 0.15) is 43.0 Å². The molecule has 5 nitrogen and oxygen atoms in total. The number of sulfonamides is 1. The van der Waals surface area contributed by atoms with Crippen molar-refractivity contribution < 1.29 is 13.2 Å². The largest absolute Gasteiger partial charge is 0.348 e. The minimum Gasteiger partial charge on any atom is -0.348 e. The molecule has 2 aromatic carbocycles. The molecule has 0 radical (unpaired) electrons. The average molecular weight is 403 g/mol. The molecule has 0 aromatic heterocycles.